The molecule has 0 radical (unpaired) electrons. The van der Waals surface area contributed by atoms with Crippen molar-refractivity contribution in [3.8, 4) is 0 Å². The predicted octanol–water partition coefficient (Wildman–Crippen LogP) is 3.37. The maximum absolute atomic E-state index is 12.8. The Morgan fingerprint density at radius 2 is 1.85 bits per heavy atom. The van der Waals surface area contributed by atoms with Crippen molar-refractivity contribution in [2.75, 3.05) is 0 Å². The number of carbonyl (C=O) groups is 3. The van der Waals surface area contributed by atoms with Gasteiger partial charge in [-0.1, -0.05) is 49.8 Å². The maximum Gasteiger partial charge on any atom is 0.326 e. The molecule has 0 fully saturated rings. The van der Waals surface area contributed by atoms with Gasteiger partial charge in [0.05, 0.1) is 5.69 Å². The van der Waals surface area contributed by atoms with Gasteiger partial charge in [-0.2, -0.15) is 0 Å². The number of aromatic nitrogens is 3. The van der Waals surface area contributed by atoms with Crippen molar-refractivity contribution >= 4 is 23.7 Å². The Morgan fingerprint density at radius 1 is 1.12 bits per heavy atom. The summed E-state index contributed by atoms with van der Waals surface area (Å²) in [6.07, 6.45) is 6.69. The van der Waals surface area contributed by atoms with E-state index in [1.807, 2.05) is 48.0 Å². The Morgan fingerprint density at radius 3 is 2.52 bits per heavy atom. The fourth-order valence-corrected chi connectivity index (χ4v) is 3.21. The normalized spacial score (nSPS) is 12.1. The van der Waals surface area contributed by atoms with E-state index in [1.54, 1.807) is 32.1 Å². The van der Waals surface area contributed by atoms with Crippen molar-refractivity contribution in [2.24, 2.45) is 5.92 Å². The van der Waals surface area contributed by atoms with Crippen molar-refractivity contribution in [3.05, 3.63) is 89.3 Å². The molecular formula is C25H26N4O4. The SMILES string of the molecule is Cc1ccc(C(=O)c2cccn2C/C=C/c2nccc(C(=O)N[C@H](C(=O)O)C(C)C)n2)cc1. The van der Waals surface area contributed by atoms with E-state index in [0.717, 1.165) is 5.56 Å². The minimum atomic E-state index is -1.10. The van der Waals surface area contributed by atoms with Crippen LogP contribution in [0.15, 0.2) is 60.9 Å². The number of amides is 1. The van der Waals surface area contributed by atoms with Gasteiger partial charge >= 0.3 is 5.97 Å². The summed E-state index contributed by atoms with van der Waals surface area (Å²) in [6.45, 7) is 5.81. The number of benzene rings is 1. The van der Waals surface area contributed by atoms with Gasteiger partial charge < -0.3 is 15.0 Å². The van der Waals surface area contributed by atoms with Gasteiger partial charge in [-0.15, -0.1) is 0 Å². The first-order valence-electron chi connectivity index (χ1n) is 10.6. The van der Waals surface area contributed by atoms with Gasteiger partial charge in [0.1, 0.15) is 11.7 Å². The fraction of sp³-hybridized carbons (Fsp3) is 0.240. The van der Waals surface area contributed by atoms with Crippen LogP contribution in [0.25, 0.3) is 6.08 Å². The van der Waals surface area contributed by atoms with Crippen LogP contribution in [0.2, 0.25) is 0 Å². The summed E-state index contributed by atoms with van der Waals surface area (Å²) in [4.78, 5) is 44.9. The average Bonchev–Trinajstić information content (AvgIpc) is 3.25. The molecule has 8 heteroatoms. The standard InChI is InChI=1S/C25H26N4O4/c1-16(2)22(25(32)33)28-24(31)19-12-13-26-21(27-19)7-5-15-29-14-4-6-20(29)23(30)18-10-8-17(3)9-11-18/h4-14,16,22H,15H2,1-3H3,(H,28,31)(H,32,33)/b7-5+/t22-/m0/s1. The van der Waals surface area contributed by atoms with Gasteiger partial charge in [-0.3, -0.25) is 9.59 Å². The molecule has 8 nitrogen and oxygen atoms in total. The van der Waals surface area contributed by atoms with Gasteiger partial charge in [0.2, 0.25) is 5.78 Å². The zero-order valence-electron chi connectivity index (χ0n) is 18.7. The number of aryl methyl sites for hydroxylation is 1. The molecule has 0 aliphatic carbocycles. The number of nitrogens with one attached hydrogen (secondary N) is 1. The molecule has 1 aromatic carbocycles. The molecule has 0 saturated carbocycles. The highest BCUT2D eigenvalue weighted by Gasteiger charge is 2.24. The molecule has 3 rings (SSSR count). The Labute approximate surface area is 192 Å². The van der Waals surface area contributed by atoms with E-state index >= 15 is 0 Å². The van der Waals surface area contributed by atoms with Crippen LogP contribution in [0, 0.1) is 12.8 Å². The topological polar surface area (TPSA) is 114 Å². The van der Waals surface area contributed by atoms with E-state index in [9.17, 15) is 19.5 Å². The molecule has 3 aromatic rings. The van der Waals surface area contributed by atoms with Crippen LogP contribution < -0.4 is 5.32 Å². The first kappa shape index (κ1) is 23.6. The van der Waals surface area contributed by atoms with Crippen LogP contribution in [0.4, 0.5) is 0 Å². The van der Waals surface area contributed by atoms with Crippen LogP contribution >= 0.6 is 0 Å². The van der Waals surface area contributed by atoms with Crippen molar-refractivity contribution in [3.63, 3.8) is 0 Å². The maximum atomic E-state index is 12.8. The molecule has 0 unspecified atom stereocenters. The molecule has 2 aromatic heterocycles. The summed E-state index contributed by atoms with van der Waals surface area (Å²) in [5, 5.41) is 11.7. The molecule has 2 heterocycles. The highest BCUT2D eigenvalue weighted by atomic mass is 16.4. The smallest absolute Gasteiger partial charge is 0.326 e. The molecule has 33 heavy (non-hydrogen) atoms. The lowest BCUT2D eigenvalue weighted by Crippen LogP contribution is -2.44. The Hall–Kier alpha value is -4.07. The third-order valence-electron chi connectivity index (χ3n) is 5.07. The van der Waals surface area contributed by atoms with Crippen LogP contribution in [-0.4, -0.2) is 43.3 Å². The van der Waals surface area contributed by atoms with Gasteiger partial charge in [-0.05, 0) is 37.1 Å². The first-order chi connectivity index (χ1) is 15.8. The highest BCUT2D eigenvalue weighted by Crippen LogP contribution is 2.13. The third-order valence-corrected chi connectivity index (χ3v) is 5.07. The zero-order chi connectivity index (χ0) is 24.0. The number of nitrogens with zero attached hydrogens (tertiary/aromatic N) is 3. The second kappa shape index (κ2) is 10.5. The lowest BCUT2D eigenvalue weighted by molar-refractivity contribution is -0.140. The molecule has 0 aliphatic heterocycles. The van der Waals surface area contributed by atoms with Crippen molar-refractivity contribution in [2.45, 2.75) is 33.4 Å². The van der Waals surface area contributed by atoms with Crippen molar-refractivity contribution in [1.82, 2.24) is 19.9 Å². The minimum absolute atomic E-state index is 0.0681. The van der Waals surface area contributed by atoms with Gasteiger partial charge in [0.15, 0.2) is 5.82 Å². The van der Waals surface area contributed by atoms with E-state index in [1.165, 1.54) is 12.3 Å². The molecule has 0 aliphatic rings. The van der Waals surface area contributed by atoms with E-state index in [4.69, 9.17) is 0 Å². The number of aliphatic carboxylic acids is 1. The third kappa shape index (κ3) is 6.00. The molecular weight excluding hydrogens is 420 g/mol. The predicted molar refractivity (Wildman–Crippen MR) is 124 cm³/mol. The number of hydrogen-bond donors (Lipinski definition) is 2. The minimum Gasteiger partial charge on any atom is -0.480 e. The first-order valence-corrected chi connectivity index (χ1v) is 10.6. The summed E-state index contributed by atoms with van der Waals surface area (Å²) in [5.74, 6) is -1.72. The van der Waals surface area contributed by atoms with Gasteiger partial charge in [-0.25, -0.2) is 14.8 Å². The number of hydrogen-bond acceptors (Lipinski definition) is 5. The summed E-state index contributed by atoms with van der Waals surface area (Å²) >= 11 is 0. The quantitative estimate of drug-likeness (QED) is 0.487. The van der Waals surface area contributed by atoms with E-state index in [0.29, 0.717) is 23.6 Å². The molecule has 0 bridgehead atoms. The molecule has 1 amide bonds. The number of rotatable bonds is 9. The molecule has 2 N–H and O–H groups in total. The Bertz CT molecular complexity index is 1180. The van der Waals surface area contributed by atoms with Crippen molar-refractivity contribution in [1.29, 1.82) is 0 Å². The summed E-state index contributed by atoms with van der Waals surface area (Å²) < 4.78 is 1.81. The highest BCUT2D eigenvalue weighted by molar-refractivity contribution is 6.08. The number of carbonyl (C=O) groups excluding carboxylic acids is 2. The van der Waals surface area contributed by atoms with Gasteiger partial charge in [0, 0.05) is 24.5 Å². The molecule has 170 valence electrons. The lowest BCUT2D eigenvalue weighted by atomic mass is 10.0. The van der Waals surface area contributed by atoms with E-state index in [2.05, 4.69) is 15.3 Å². The number of allylic oxidation sites excluding steroid dienone is 1. The number of carboxylic acids is 1. The average molecular weight is 447 g/mol. The Balaban J connectivity index is 1.69. The van der Waals surface area contributed by atoms with Crippen LogP contribution in [0.3, 0.4) is 0 Å². The second-order valence-corrected chi connectivity index (χ2v) is 7.98. The van der Waals surface area contributed by atoms with Crippen molar-refractivity contribution < 1.29 is 19.5 Å². The van der Waals surface area contributed by atoms with Crippen LogP contribution in [-0.2, 0) is 11.3 Å². The summed E-state index contributed by atoms with van der Waals surface area (Å²) in [6, 6.07) is 11.4. The van der Waals surface area contributed by atoms with Crippen LogP contribution in [0.5, 0.6) is 0 Å². The van der Waals surface area contributed by atoms with E-state index < -0.39 is 17.9 Å². The summed E-state index contributed by atoms with van der Waals surface area (Å²) in [5.41, 5.74) is 2.34. The van der Waals surface area contributed by atoms with E-state index in [-0.39, 0.29) is 17.4 Å². The monoisotopic (exact) mass is 446 g/mol. The summed E-state index contributed by atoms with van der Waals surface area (Å²) in [7, 11) is 0. The molecule has 0 spiro atoms. The Kier molecular flexibility index (Phi) is 7.50. The number of carboxylic acid groups (broad SMARTS) is 1. The van der Waals surface area contributed by atoms with Crippen LogP contribution in [0.1, 0.15) is 51.8 Å². The number of ketones is 1. The molecule has 0 saturated heterocycles. The van der Waals surface area contributed by atoms with Gasteiger partial charge in [0.25, 0.3) is 5.91 Å². The fourth-order valence-electron chi connectivity index (χ4n) is 3.21. The zero-order valence-corrected chi connectivity index (χ0v) is 18.7. The largest absolute Gasteiger partial charge is 0.480 e. The molecule has 1 atom stereocenters. The second-order valence-electron chi connectivity index (χ2n) is 7.98. The lowest BCUT2D eigenvalue weighted by Gasteiger charge is -2.17.